The highest BCUT2D eigenvalue weighted by Gasteiger charge is 2.37. The molecule has 2 aliphatic rings. The van der Waals surface area contributed by atoms with Crippen molar-refractivity contribution in [2.45, 2.75) is 37.8 Å². The lowest BCUT2D eigenvalue weighted by atomic mass is 10.1. The first-order valence-electron chi connectivity index (χ1n) is 10.8. The monoisotopic (exact) mass is 558 g/mol. The van der Waals surface area contributed by atoms with E-state index in [-0.39, 0.29) is 18.4 Å². The molecule has 2 aliphatic heterocycles. The molecule has 0 aliphatic carbocycles. The third kappa shape index (κ3) is 6.64. The molecule has 0 saturated carbocycles. The summed E-state index contributed by atoms with van der Waals surface area (Å²) in [5, 5.41) is 11.5. The summed E-state index contributed by atoms with van der Waals surface area (Å²) in [4.78, 5) is 42.0. The zero-order valence-corrected chi connectivity index (χ0v) is 21.6. The van der Waals surface area contributed by atoms with Crippen LogP contribution in [0.1, 0.15) is 30.6 Å². The fourth-order valence-corrected chi connectivity index (χ4v) is 6.54. The van der Waals surface area contributed by atoms with Crippen LogP contribution in [0.3, 0.4) is 0 Å². The predicted octanol–water partition coefficient (Wildman–Crippen LogP) is 1.76. The SMILES string of the molecule is O=C(Nc1nncs1)[C@@H]1CCCN1C(=O)CN1CCC[C@H](NS(=O)(=O)/C=C/c2ccc(Cl)s2)C1=O. The summed E-state index contributed by atoms with van der Waals surface area (Å²) in [7, 11) is -3.89. The van der Waals surface area contributed by atoms with Crippen molar-refractivity contribution < 1.29 is 22.8 Å². The summed E-state index contributed by atoms with van der Waals surface area (Å²) >= 11 is 8.27. The Bertz CT molecular complexity index is 1220. The zero-order chi connectivity index (χ0) is 25.0. The molecule has 0 radical (unpaired) electrons. The zero-order valence-electron chi connectivity index (χ0n) is 18.4. The second-order valence-electron chi connectivity index (χ2n) is 8.04. The van der Waals surface area contributed by atoms with E-state index in [0.717, 1.165) is 5.41 Å². The predicted molar refractivity (Wildman–Crippen MR) is 133 cm³/mol. The van der Waals surface area contributed by atoms with E-state index in [1.807, 2.05) is 0 Å². The Morgan fingerprint density at radius 1 is 1.23 bits per heavy atom. The van der Waals surface area contributed by atoms with E-state index < -0.39 is 28.0 Å². The summed E-state index contributed by atoms with van der Waals surface area (Å²) in [5.74, 6) is -1.16. The van der Waals surface area contributed by atoms with Crippen molar-refractivity contribution >= 4 is 73.2 Å². The largest absolute Gasteiger partial charge is 0.332 e. The number of amides is 3. The molecule has 35 heavy (non-hydrogen) atoms. The number of nitrogens with one attached hydrogen (secondary N) is 2. The highest BCUT2D eigenvalue weighted by molar-refractivity contribution is 7.92. The number of nitrogens with zero attached hydrogens (tertiary/aromatic N) is 4. The third-order valence-electron chi connectivity index (χ3n) is 5.63. The second kappa shape index (κ2) is 11.1. The molecule has 0 spiro atoms. The standard InChI is InChI=1S/C20H23ClN6O5S3/c21-16-6-5-13(34-16)7-10-35(31,32)25-14-3-1-8-26(19(14)30)11-17(28)27-9-2-4-15(27)18(29)23-20-24-22-12-33-20/h5-7,10,12,14-15,25H,1-4,8-9,11H2,(H,23,24,29)/b10-7+/t14-,15-/m0/s1. The summed E-state index contributed by atoms with van der Waals surface area (Å²) in [6.45, 7) is 0.521. The molecule has 0 aromatic carbocycles. The molecule has 3 amide bonds. The average Bonchev–Trinajstić information content (AvgIpc) is 3.57. The molecule has 2 atom stereocenters. The van der Waals surface area contributed by atoms with E-state index >= 15 is 0 Å². The average molecular weight is 559 g/mol. The van der Waals surface area contributed by atoms with Gasteiger partial charge in [0, 0.05) is 23.4 Å². The Hall–Kier alpha value is -2.39. The number of piperidine rings is 1. The van der Waals surface area contributed by atoms with Crippen molar-refractivity contribution in [2.75, 3.05) is 25.0 Å². The lowest BCUT2D eigenvalue weighted by molar-refractivity contribution is -0.144. The molecule has 0 bridgehead atoms. The molecule has 11 nitrogen and oxygen atoms in total. The maximum Gasteiger partial charge on any atom is 0.249 e. The minimum absolute atomic E-state index is 0.219. The Morgan fingerprint density at radius 3 is 2.74 bits per heavy atom. The number of carbonyl (C=O) groups is 3. The first-order valence-corrected chi connectivity index (χ1v) is 14.4. The fraction of sp³-hybridized carbons (Fsp3) is 0.450. The minimum atomic E-state index is -3.89. The Kier molecular flexibility index (Phi) is 8.16. The van der Waals surface area contributed by atoms with E-state index in [4.69, 9.17) is 11.6 Å². The normalized spacial score (nSPS) is 21.1. The summed E-state index contributed by atoms with van der Waals surface area (Å²) < 4.78 is 27.9. The van der Waals surface area contributed by atoms with Crippen LogP contribution < -0.4 is 10.0 Å². The van der Waals surface area contributed by atoms with E-state index in [2.05, 4.69) is 20.2 Å². The van der Waals surface area contributed by atoms with Crippen LogP contribution in [0.2, 0.25) is 4.34 Å². The number of hydrogen-bond acceptors (Lipinski definition) is 9. The van der Waals surface area contributed by atoms with Crippen molar-refractivity contribution in [3.8, 4) is 0 Å². The summed E-state index contributed by atoms with van der Waals surface area (Å²) in [6.07, 6.45) is 3.45. The summed E-state index contributed by atoms with van der Waals surface area (Å²) in [5.41, 5.74) is 1.49. The van der Waals surface area contributed by atoms with Crippen LogP contribution >= 0.6 is 34.3 Å². The lowest BCUT2D eigenvalue weighted by Gasteiger charge is -2.33. The molecule has 2 N–H and O–H groups in total. The molecule has 2 saturated heterocycles. The number of sulfonamides is 1. The maximum atomic E-state index is 13.0. The molecule has 4 heterocycles. The Labute approximate surface area is 215 Å². The number of thiophene rings is 1. The van der Waals surface area contributed by atoms with Crippen LogP contribution in [-0.2, 0) is 24.4 Å². The smallest absolute Gasteiger partial charge is 0.249 e. The number of likely N-dealkylation sites (tertiary alicyclic amines) is 2. The van der Waals surface area contributed by atoms with Gasteiger partial charge in [0.15, 0.2) is 0 Å². The van der Waals surface area contributed by atoms with E-state index in [1.54, 1.807) is 12.1 Å². The van der Waals surface area contributed by atoms with Crippen LogP contribution in [0, 0.1) is 0 Å². The molecule has 2 fully saturated rings. The quantitative estimate of drug-likeness (QED) is 0.503. The van der Waals surface area contributed by atoms with Crippen molar-refractivity contribution in [1.82, 2.24) is 24.7 Å². The molecule has 0 unspecified atom stereocenters. The van der Waals surface area contributed by atoms with Gasteiger partial charge in [-0.25, -0.2) is 8.42 Å². The van der Waals surface area contributed by atoms with Crippen molar-refractivity contribution in [2.24, 2.45) is 0 Å². The van der Waals surface area contributed by atoms with Gasteiger partial charge in [-0.05, 0) is 43.9 Å². The molecule has 188 valence electrons. The highest BCUT2D eigenvalue weighted by Crippen LogP contribution is 2.23. The Morgan fingerprint density at radius 2 is 2.03 bits per heavy atom. The first kappa shape index (κ1) is 25.7. The van der Waals surface area contributed by atoms with Crippen LogP contribution in [0.25, 0.3) is 6.08 Å². The number of aromatic nitrogens is 2. The van der Waals surface area contributed by atoms with Gasteiger partial charge in [-0.2, -0.15) is 4.72 Å². The van der Waals surface area contributed by atoms with E-state index in [1.165, 1.54) is 44.1 Å². The van der Waals surface area contributed by atoms with Gasteiger partial charge in [0.2, 0.25) is 32.9 Å². The van der Waals surface area contributed by atoms with Crippen LogP contribution in [-0.4, -0.2) is 77.9 Å². The lowest BCUT2D eigenvalue weighted by Crippen LogP contribution is -2.55. The van der Waals surface area contributed by atoms with Crippen LogP contribution in [0.4, 0.5) is 5.13 Å². The van der Waals surface area contributed by atoms with Crippen LogP contribution in [0.5, 0.6) is 0 Å². The minimum Gasteiger partial charge on any atom is -0.332 e. The number of rotatable bonds is 8. The molecule has 2 aromatic rings. The molecular formula is C20H23ClN6O5S3. The van der Waals surface area contributed by atoms with Gasteiger partial charge in [-0.3, -0.25) is 19.7 Å². The van der Waals surface area contributed by atoms with Gasteiger partial charge in [-0.15, -0.1) is 21.5 Å². The summed E-state index contributed by atoms with van der Waals surface area (Å²) in [6, 6.07) is 1.73. The molecule has 4 rings (SSSR count). The van der Waals surface area contributed by atoms with Gasteiger partial charge in [-0.1, -0.05) is 22.9 Å². The first-order chi connectivity index (χ1) is 16.7. The topological polar surface area (TPSA) is 142 Å². The Balaban J connectivity index is 1.35. The van der Waals surface area contributed by atoms with Crippen molar-refractivity contribution in [1.29, 1.82) is 0 Å². The highest BCUT2D eigenvalue weighted by atomic mass is 35.5. The van der Waals surface area contributed by atoms with Gasteiger partial charge in [0.05, 0.1) is 10.9 Å². The number of anilines is 1. The van der Waals surface area contributed by atoms with E-state index in [9.17, 15) is 22.8 Å². The van der Waals surface area contributed by atoms with E-state index in [0.29, 0.717) is 53.1 Å². The van der Waals surface area contributed by atoms with Crippen molar-refractivity contribution in [3.05, 3.63) is 32.3 Å². The van der Waals surface area contributed by atoms with Gasteiger partial charge in [0.25, 0.3) is 0 Å². The third-order valence-corrected chi connectivity index (χ3v) is 8.55. The van der Waals surface area contributed by atoms with Gasteiger partial charge < -0.3 is 9.80 Å². The molecule has 15 heteroatoms. The van der Waals surface area contributed by atoms with Crippen LogP contribution in [0.15, 0.2) is 23.1 Å². The fourth-order valence-electron chi connectivity index (χ4n) is 4.03. The number of carbonyl (C=O) groups excluding carboxylic acids is 3. The van der Waals surface area contributed by atoms with Crippen molar-refractivity contribution in [3.63, 3.8) is 0 Å². The molecule has 2 aromatic heterocycles. The number of halogens is 1. The number of hydrogen-bond donors (Lipinski definition) is 2. The van der Waals surface area contributed by atoms with Gasteiger partial charge >= 0.3 is 0 Å². The molecular weight excluding hydrogens is 536 g/mol. The second-order valence-corrected chi connectivity index (χ2v) is 12.2. The maximum absolute atomic E-state index is 13.0. The van der Waals surface area contributed by atoms with Gasteiger partial charge in [0.1, 0.15) is 17.6 Å².